The molecule has 1 atom stereocenters. The largest absolute Gasteiger partial charge is 0.349 e. The van der Waals surface area contributed by atoms with E-state index in [-0.39, 0.29) is 17.9 Å². The third-order valence-corrected chi connectivity index (χ3v) is 4.32. The van der Waals surface area contributed by atoms with Gasteiger partial charge in [0.25, 0.3) is 5.91 Å². The van der Waals surface area contributed by atoms with Crippen molar-refractivity contribution in [3.63, 3.8) is 0 Å². The van der Waals surface area contributed by atoms with Crippen molar-refractivity contribution in [2.24, 2.45) is 0 Å². The van der Waals surface area contributed by atoms with Gasteiger partial charge in [-0.25, -0.2) is 4.98 Å². The number of benzene rings is 1. The van der Waals surface area contributed by atoms with Gasteiger partial charge in [-0.15, -0.1) is 0 Å². The summed E-state index contributed by atoms with van der Waals surface area (Å²) in [5, 5.41) is 3.06. The molecule has 0 spiro atoms. The smallest absolute Gasteiger partial charge is 0.251 e. The van der Waals surface area contributed by atoms with Crippen LogP contribution in [0.25, 0.3) is 11.0 Å². The lowest BCUT2D eigenvalue weighted by molar-refractivity contribution is -0.130. The first kappa shape index (κ1) is 15.5. The second kappa shape index (κ2) is 6.81. The van der Waals surface area contributed by atoms with Crippen LogP contribution in [0.15, 0.2) is 24.5 Å². The number of carbonyl (C=O) groups excluding carboxylic acids is 2. The van der Waals surface area contributed by atoms with Crippen LogP contribution >= 0.6 is 0 Å². The molecule has 0 radical (unpaired) electrons. The van der Waals surface area contributed by atoms with E-state index in [0.29, 0.717) is 18.4 Å². The summed E-state index contributed by atoms with van der Waals surface area (Å²) in [5.41, 5.74) is 2.31. The van der Waals surface area contributed by atoms with Crippen LogP contribution in [0.5, 0.6) is 0 Å². The lowest BCUT2D eigenvalue weighted by atomic mass is 10.1. The fourth-order valence-electron chi connectivity index (χ4n) is 3.03. The molecule has 6 nitrogen and oxygen atoms in total. The van der Waals surface area contributed by atoms with Crippen molar-refractivity contribution in [3.8, 4) is 0 Å². The minimum Gasteiger partial charge on any atom is -0.349 e. The second-order valence-electron chi connectivity index (χ2n) is 6.01. The topological polar surface area (TPSA) is 78.1 Å². The maximum Gasteiger partial charge on any atom is 0.251 e. The van der Waals surface area contributed by atoms with Crippen LogP contribution in [0.4, 0.5) is 0 Å². The number of aromatic amines is 1. The summed E-state index contributed by atoms with van der Waals surface area (Å²) in [6, 6.07) is 5.47. The van der Waals surface area contributed by atoms with Gasteiger partial charge < -0.3 is 15.2 Å². The molecule has 1 aliphatic heterocycles. The van der Waals surface area contributed by atoms with Crippen molar-refractivity contribution in [2.45, 2.75) is 38.6 Å². The number of rotatable bonds is 4. The normalized spacial score (nSPS) is 18.9. The molecule has 1 fully saturated rings. The minimum absolute atomic E-state index is 0.0470. The van der Waals surface area contributed by atoms with E-state index < -0.39 is 0 Å². The molecular weight excluding hydrogens is 292 g/mol. The van der Waals surface area contributed by atoms with Crippen LogP contribution in [0, 0.1) is 0 Å². The Morgan fingerprint density at radius 2 is 2.30 bits per heavy atom. The first-order valence-corrected chi connectivity index (χ1v) is 8.19. The van der Waals surface area contributed by atoms with Gasteiger partial charge in [-0.1, -0.05) is 6.92 Å². The standard InChI is InChI=1S/C17H22N4O2/c1-2-8-21-9-7-13(4-6-16(21)22)20-17(23)12-3-5-14-15(10-12)19-11-18-14/h3,5,10-11,13H,2,4,6-9H2,1H3,(H,18,19)(H,20,23). The summed E-state index contributed by atoms with van der Waals surface area (Å²) in [6.45, 7) is 3.59. The van der Waals surface area contributed by atoms with Gasteiger partial charge in [-0.2, -0.15) is 0 Å². The Labute approximate surface area is 135 Å². The minimum atomic E-state index is -0.0945. The molecule has 23 heavy (non-hydrogen) atoms. The maximum atomic E-state index is 12.4. The fourth-order valence-corrected chi connectivity index (χ4v) is 3.03. The number of amides is 2. The third kappa shape index (κ3) is 3.52. The van der Waals surface area contributed by atoms with E-state index in [1.807, 2.05) is 17.0 Å². The van der Waals surface area contributed by atoms with Gasteiger partial charge in [0.15, 0.2) is 0 Å². The molecule has 2 aromatic rings. The number of likely N-dealkylation sites (tertiary alicyclic amines) is 1. The highest BCUT2D eigenvalue weighted by Crippen LogP contribution is 2.15. The molecule has 3 rings (SSSR count). The predicted molar refractivity (Wildman–Crippen MR) is 88.1 cm³/mol. The van der Waals surface area contributed by atoms with Gasteiger partial charge in [0.1, 0.15) is 0 Å². The molecule has 2 heterocycles. The number of carbonyl (C=O) groups is 2. The monoisotopic (exact) mass is 314 g/mol. The summed E-state index contributed by atoms with van der Waals surface area (Å²) in [4.78, 5) is 33.5. The molecule has 1 unspecified atom stereocenters. The summed E-state index contributed by atoms with van der Waals surface area (Å²) in [5.74, 6) is 0.102. The van der Waals surface area contributed by atoms with E-state index in [1.165, 1.54) is 0 Å². The number of fused-ring (bicyclic) bond motifs is 1. The molecular formula is C17H22N4O2. The Kier molecular flexibility index (Phi) is 4.60. The van der Waals surface area contributed by atoms with Crippen LogP contribution in [0.3, 0.4) is 0 Å². The Bertz CT molecular complexity index is 709. The van der Waals surface area contributed by atoms with E-state index in [2.05, 4.69) is 22.2 Å². The Morgan fingerprint density at radius 1 is 1.43 bits per heavy atom. The summed E-state index contributed by atoms with van der Waals surface area (Å²) in [6.07, 6.45) is 4.60. The highest BCUT2D eigenvalue weighted by molar-refractivity contribution is 5.97. The van der Waals surface area contributed by atoms with E-state index >= 15 is 0 Å². The van der Waals surface area contributed by atoms with Crippen LogP contribution in [0.1, 0.15) is 43.0 Å². The zero-order chi connectivity index (χ0) is 16.2. The first-order valence-electron chi connectivity index (χ1n) is 8.19. The summed E-state index contributed by atoms with van der Waals surface area (Å²) < 4.78 is 0. The van der Waals surface area contributed by atoms with Gasteiger partial charge in [0.05, 0.1) is 17.4 Å². The van der Waals surface area contributed by atoms with Crippen molar-refractivity contribution < 1.29 is 9.59 Å². The molecule has 1 saturated heterocycles. The Balaban J connectivity index is 1.64. The molecule has 2 amide bonds. The van der Waals surface area contributed by atoms with Crippen molar-refractivity contribution >= 4 is 22.8 Å². The zero-order valence-electron chi connectivity index (χ0n) is 13.3. The van der Waals surface area contributed by atoms with E-state index in [4.69, 9.17) is 0 Å². The number of imidazole rings is 1. The van der Waals surface area contributed by atoms with Crippen molar-refractivity contribution in [1.29, 1.82) is 0 Å². The average molecular weight is 314 g/mol. The summed E-state index contributed by atoms with van der Waals surface area (Å²) in [7, 11) is 0. The lowest BCUT2D eigenvalue weighted by Gasteiger charge is -2.20. The molecule has 6 heteroatoms. The SMILES string of the molecule is CCCN1CCC(NC(=O)c2ccc3nc[nH]c3c2)CCC1=O. The number of hydrogen-bond acceptors (Lipinski definition) is 3. The number of aromatic nitrogens is 2. The second-order valence-corrected chi connectivity index (χ2v) is 6.01. The lowest BCUT2D eigenvalue weighted by Crippen LogP contribution is -2.36. The highest BCUT2D eigenvalue weighted by atomic mass is 16.2. The molecule has 122 valence electrons. The number of nitrogens with one attached hydrogen (secondary N) is 2. The average Bonchev–Trinajstić information content (AvgIpc) is 2.96. The molecule has 0 saturated carbocycles. The van der Waals surface area contributed by atoms with Crippen molar-refractivity contribution in [1.82, 2.24) is 20.2 Å². The molecule has 1 aliphatic rings. The molecule has 0 bridgehead atoms. The molecule has 2 N–H and O–H groups in total. The maximum absolute atomic E-state index is 12.4. The zero-order valence-corrected chi connectivity index (χ0v) is 13.3. The molecule has 1 aromatic heterocycles. The van der Waals surface area contributed by atoms with Crippen LogP contribution < -0.4 is 5.32 Å². The van der Waals surface area contributed by atoms with Gasteiger partial charge >= 0.3 is 0 Å². The quantitative estimate of drug-likeness (QED) is 0.907. The highest BCUT2D eigenvalue weighted by Gasteiger charge is 2.23. The first-order chi connectivity index (χ1) is 11.2. The molecule has 1 aromatic carbocycles. The van der Waals surface area contributed by atoms with E-state index in [9.17, 15) is 9.59 Å². The Hall–Kier alpha value is -2.37. The fraction of sp³-hybridized carbons (Fsp3) is 0.471. The molecule has 0 aliphatic carbocycles. The Morgan fingerprint density at radius 3 is 3.13 bits per heavy atom. The van der Waals surface area contributed by atoms with Gasteiger partial charge in [-0.05, 0) is 37.5 Å². The van der Waals surface area contributed by atoms with Crippen LogP contribution in [0.2, 0.25) is 0 Å². The number of hydrogen-bond donors (Lipinski definition) is 2. The van der Waals surface area contributed by atoms with Crippen molar-refractivity contribution in [2.75, 3.05) is 13.1 Å². The predicted octanol–water partition coefficient (Wildman–Crippen LogP) is 2.08. The summed E-state index contributed by atoms with van der Waals surface area (Å²) >= 11 is 0. The van der Waals surface area contributed by atoms with Gasteiger partial charge in [0.2, 0.25) is 5.91 Å². The van der Waals surface area contributed by atoms with Gasteiger partial charge in [-0.3, -0.25) is 9.59 Å². The third-order valence-electron chi connectivity index (χ3n) is 4.32. The van der Waals surface area contributed by atoms with Gasteiger partial charge in [0, 0.05) is 31.1 Å². The van der Waals surface area contributed by atoms with Crippen molar-refractivity contribution in [3.05, 3.63) is 30.1 Å². The van der Waals surface area contributed by atoms with E-state index in [0.717, 1.165) is 37.0 Å². The van der Waals surface area contributed by atoms with E-state index in [1.54, 1.807) is 12.4 Å². The number of nitrogens with zero attached hydrogens (tertiary/aromatic N) is 2. The number of H-pyrrole nitrogens is 1. The van der Waals surface area contributed by atoms with Crippen LogP contribution in [-0.2, 0) is 4.79 Å². The van der Waals surface area contributed by atoms with Crippen LogP contribution in [-0.4, -0.2) is 45.8 Å².